The van der Waals surface area contributed by atoms with Crippen LogP contribution in [0.5, 0.6) is 0 Å². The Morgan fingerprint density at radius 2 is 1.74 bits per heavy atom. The van der Waals surface area contributed by atoms with Gasteiger partial charge in [0.1, 0.15) is 5.82 Å². The third-order valence-electron chi connectivity index (χ3n) is 5.96. The van der Waals surface area contributed by atoms with Gasteiger partial charge >= 0.3 is 109 Å². The molecular weight excluding hydrogens is 587 g/mol. The molecule has 2 aliphatic carbocycles. The third-order valence-corrected chi connectivity index (χ3v) is 8.65. The fourth-order valence-corrected chi connectivity index (χ4v) is 7.02. The molecule has 4 atom stereocenters. The molecule has 1 aromatic rings. The van der Waals surface area contributed by atoms with Gasteiger partial charge in [-0.1, -0.05) is 6.42 Å². The molecule has 0 saturated heterocycles. The van der Waals surface area contributed by atoms with Crippen molar-refractivity contribution in [1.82, 2.24) is 9.78 Å². The van der Waals surface area contributed by atoms with Gasteiger partial charge in [-0.3, -0.25) is 9.52 Å². The second-order valence-corrected chi connectivity index (χ2v) is 12.9. The summed E-state index contributed by atoms with van der Waals surface area (Å²) in [4.78, 5) is 15.2. The number of sulfonamides is 1. The zero-order valence-corrected chi connectivity index (χ0v) is 28.4. The van der Waals surface area contributed by atoms with Crippen LogP contribution in [0.2, 0.25) is 0 Å². The predicted molar refractivity (Wildman–Crippen MR) is 113 cm³/mol. The molecule has 0 radical (unpaired) electrons. The average molecular weight is 611 g/mol. The van der Waals surface area contributed by atoms with E-state index in [-0.39, 0.29) is 140 Å². The molecule has 0 amide bonds. The molecule has 2 fully saturated rings. The summed E-state index contributed by atoms with van der Waals surface area (Å²) in [5.74, 6) is -2.05. The van der Waals surface area contributed by atoms with E-state index in [0.29, 0.717) is 18.5 Å². The van der Waals surface area contributed by atoms with Crippen LogP contribution in [0.3, 0.4) is 0 Å². The fraction of sp³-hybridized carbons (Fsp3) is 0.765. The van der Waals surface area contributed by atoms with Crippen molar-refractivity contribution in [2.75, 3.05) is 11.0 Å². The van der Waals surface area contributed by atoms with Crippen LogP contribution >= 0.6 is 23.2 Å². The second kappa shape index (κ2) is 14.0. The molecule has 182 valence electrons. The molecule has 34 heavy (non-hydrogen) atoms. The topological polar surface area (TPSA) is 171 Å². The van der Waals surface area contributed by atoms with E-state index in [0.717, 1.165) is 6.26 Å². The maximum atomic E-state index is 11.9. The van der Waals surface area contributed by atoms with Gasteiger partial charge in [-0.2, -0.15) is 5.10 Å². The van der Waals surface area contributed by atoms with E-state index >= 15 is 0 Å². The number of hydrogen-bond acceptors (Lipinski definition) is 9. The Hall–Kier alpha value is 2.15. The van der Waals surface area contributed by atoms with Crippen molar-refractivity contribution >= 4 is 55.1 Å². The first-order valence-corrected chi connectivity index (χ1v) is 14.2. The van der Waals surface area contributed by atoms with Crippen LogP contribution in [-0.4, -0.2) is 59.4 Å². The number of nitrogens with one attached hydrogen (secondary N) is 1. The average Bonchev–Trinajstić information content (AvgIpc) is 3.07. The number of hydrogen-bond donors (Lipinski definition) is 1. The summed E-state index contributed by atoms with van der Waals surface area (Å²) in [7, 11) is -8.17. The number of halogens is 2. The molecule has 0 bridgehead atoms. The van der Waals surface area contributed by atoms with Crippen molar-refractivity contribution in [2.24, 2.45) is 5.92 Å². The van der Waals surface area contributed by atoms with E-state index in [1.54, 1.807) is 0 Å². The van der Waals surface area contributed by atoms with Gasteiger partial charge in [-0.15, -0.1) is 23.2 Å². The maximum Gasteiger partial charge on any atom is 1.00 e. The van der Waals surface area contributed by atoms with Gasteiger partial charge in [0, 0.05) is 12.0 Å². The monoisotopic (exact) mass is 609 g/mol. The number of carbonyl (C=O) groups is 1. The van der Waals surface area contributed by atoms with E-state index in [1.807, 2.05) is 0 Å². The van der Waals surface area contributed by atoms with E-state index in [9.17, 15) is 31.4 Å². The Balaban J connectivity index is 0.00000289. The molecule has 2 aliphatic rings. The van der Waals surface area contributed by atoms with Crippen molar-refractivity contribution in [3.63, 3.8) is 0 Å². The van der Waals surface area contributed by atoms with E-state index in [2.05, 4.69) is 14.7 Å². The van der Waals surface area contributed by atoms with Crippen LogP contribution in [0.1, 0.15) is 56.2 Å². The Kier molecular flexibility index (Phi) is 14.1. The Labute approximate surface area is 294 Å². The van der Waals surface area contributed by atoms with Gasteiger partial charge in [0.25, 0.3) is 0 Å². The zero-order valence-electron chi connectivity index (χ0n) is 19.0. The molecule has 4 unspecified atom stereocenters. The first-order valence-electron chi connectivity index (χ1n) is 9.94. The molecule has 11 nitrogen and oxygen atoms in total. The first-order chi connectivity index (χ1) is 14.8. The number of anilines is 1. The number of nitrogens with zero attached hydrogens (tertiary/aromatic N) is 2. The number of alkyl halides is 2. The van der Waals surface area contributed by atoms with Crippen molar-refractivity contribution in [3.8, 4) is 0 Å². The van der Waals surface area contributed by atoms with Gasteiger partial charge in [-0.05, 0) is 32.1 Å². The molecule has 0 aliphatic heterocycles. The molecule has 0 aromatic carbocycles. The van der Waals surface area contributed by atoms with E-state index < -0.39 is 54.1 Å². The molecule has 17 heteroatoms. The van der Waals surface area contributed by atoms with Crippen LogP contribution < -0.4 is 113 Å². The van der Waals surface area contributed by atoms with Gasteiger partial charge < -0.3 is 14.7 Å². The molecule has 2 saturated carbocycles. The second-order valence-electron chi connectivity index (χ2n) is 8.34. The minimum atomic E-state index is -4.46. The van der Waals surface area contributed by atoms with Crippen molar-refractivity contribution < 1.29 is 139 Å². The predicted octanol–water partition coefficient (Wildman–Crippen LogP) is -5.18. The van der Waals surface area contributed by atoms with Crippen molar-refractivity contribution in [2.45, 2.75) is 66.5 Å². The van der Waals surface area contributed by atoms with E-state index in [1.165, 1.54) is 10.7 Å². The largest absolute Gasteiger partial charge is 1.00 e. The molecule has 3 rings (SSSR count). The quantitative estimate of drug-likeness (QED) is 0.109. The molecule has 1 N–H and O–H groups in total. The van der Waals surface area contributed by atoms with Crippen LogP contribution in [-0.2, 0) is 29.8 Å². The first kappa shape index (κ1) is 34.2. The molecule has 1 heterocycles. The standard InChI is InChI=1S/C17H25Cl2N3O8S2.2K/c1-31(25,26)21-15-8-14(9-3-2-4-11(5-9)32(27,28)29)20-22(15)16-12(18)6-10(7-13(16)19)17(23)30-24;;/h8-13,16,21,24H,2-7H2,1H3,(H,27,28,29);;/q;2*+1/p-2. The van der Waals surface area contributed by atoms with Crippen LogP contribution in [0.4, 0.5) is 5.82 Å². The van der Waals surface area contributed by atoms with Gasteiger partial charge in [0.15, 0.2) is 0 Å². The minimum absolute atomic E-state index is 0. The summed E-state index contributed by atoms with van der Waals surface area (Å²) in [5, 5.41) is 12.4. The summed E-state index contributed by atoms with van der Waals surface area (Å²) < 4.78 is 62.0. The van der Waals surface area contributed by atoms with Crippen LogP contribution in [0.15, 0.2) is 6.07 Å². The smallest absolute Gasteiger partial charge is 0.748 e. The molecule has 1 aromatic heterocycles. The van der Waals surface area contributed by atoms with Gasteiger partial charge in [0.05, 0.1) is 50.0 Å². The summed E-state index contributed by atoms with van der Waals surface area (Å²) in [6.45, 7) is 0. The minimum Gasteiger partial charge on any atom is -0.748 e. The maximum absolute atomic E-state index is 11.9. The summed E-state index contributed by atoms with van der Waals surface area (Å²) in [6.07, 6.45) is 2.55. The Morgan fingerprint density at radius 3 is 2.24 bits per heavy atom. The summed E-state index contributed by atoms with van der Waals surface area (Å²) in [6, 6.07) is 0.756. The molecule has 0 spiro atoms. The SMILES string of the molecule is CS(=O)(=O)Nc1cc(C2CCCC(S(=O)(=O)[O-])C2)nn1C1C(Cl)CC(C(=O)O[O-])CC1Cl.[K+].[K+]. The van der Waals surface area contributed by atoms with Crippen LogP contribution in [0, 0.1) is 5.92 Å². The third kappa shape index (κ3) is 8.84. The van der Waals surface area contributed by atoms with Gasteiger partial charge in [-0.25, -0.2) is 21.5 Å². The number of carbonyl (C=O) groups excluding carboxylic acids is 1. The van der Waals surface area contributed by atoms with Gasteiger partial charge in [0.2, 0.25) is 10.0 Å². The summed E-state index contributed by atoms with van der Waals surface area (Å²) >= 11 is 13.0. The normalized spacial score (nSPS) is 29.9. The van der Waals surface area contributed by atoms with Crippen molar-refractivity contribution in [3.05, 3.63) is 11.8 Å². The summed E-state index contributed by atoms with van der Waals surface area (Å²) in [5.41, 5.74) is 0.415. The van der Waals surface area contributed by atoms with E-state index in [4.69, 9.17) is 23.2 Å². The Morgan fingerprint density at radius 1 is 1.15 bits per heavy atom. The molecular formula is C17H23Cl2K2N3O8S2. The van der Waals surface area contributed by atoms with Crippen molar-refractivity contribution in [1.29, 1.82) is 0 Å². The number of rotatable bonds is 6. The Bertz CT molecular complexity index is 1060. The van der Waals surface area contributed by atoms with Crippen LogP contribution in [0.25, 0.3) is 0 Å². The number of aromatic nitrogens is 2. The fourth-order valence-electron chi connectivity index (χ4n) is 4.49. The zero-order chi connectivity index (χ0) is 23.8.